The molecule has 0 aromatic carbocycles. The molecule has 0 spiro atoms. The zero-order chi connectivity index (χ0) is 11.8. The van der Waals surface area contributed by atoms with Gasteiger partial charge in [-0.1, -0.05) is 28.8 Å². The van der Waals surface area contributed by atoms with Crippen molar-refractivity contribution >= 4 is 21.9 Å². The fraction of sp³-hybridized carbons (Fsp3) is 0.917. The van der Waals surface area contributed by atoms with E-state index in [-0.39, 0.29) is 5.97 Å². The van der Waals surface area contributed by atoms with Crippen LogP contribution in [0.3, 0.4) is 0 Å². The van der Waals surface area contributed by atoms with Crippen molar-refractivity contribution in [2.24, 2.45) is 0 Å². The summed E-state index contributed by atoms with van der Waals surface area (Å²) in [5, 5.41) is 0. The van der Waals surface area contributed by atoms with E-state index < -0.39 is 0 Å². The molecule has 2 atom stereocenters. The Labute approximate surface area is 106 Å². The number of halogens is 1. The van der Waals surface area contributed by atoms with E-state index >= 15 is 0 Å². The fourth-order valence-electron chi connectivity index (χ4n) is 1.89. The highest BCUT2D eigenvalue weighted by Gasteiger charge is 2.22. The van der Waals surface area contributed by atoms with Gasteiger partial charge in [0.05, 0.1) is 12.7 Å². The summed E-state index contributed by atoms with van der Waals surface area (Å²) in [5.41, 5.74) is 0. The van der Waals surface area contributed by atoms with Crippen LogP contribution in [-0.4, -0.2) is 30.1 Å². The molecule has 3 nitrogen and oxygen atoms in total. The van der Waals surface area contributed by atoms with Gasteiger partial charge >= 0.3 is 5.97 Å². The number of alkyl halides is 1. The van der Waals surface area contributed by atoms with Gasteiger partial charge in [0.2, 0.25) is 0 Å². The van der Waals surface area contributed by atoms with E-state index in [1.54, 1.807) is 0 Å². The molecule has 1 fully saturated rings. The minimum atomic E-state index is -0.200. The second-order valence-corrected chi connectivity index (χ2v) is 5.43. The number of unbranched alkanes of at least 4 members (excludes halogenated alkanes) is 1. The first-order chi connectivity index (χ1) is 7.70. The van der Waals surface area contributed by atoms with Gasteiger partial charge in [0, 0.05) is 18.4 Å². The molecular weight excluding hydrogens is 272 g/mol. The summed E-state index contributed by atoms with van der Waals surface area (Å²) in [6, 6.07) is 0. The van der Waals surface area contributed by atoms with E-state index in [0.717, 1.165) is 19.4 Å². The van der Waals surface area contributed by atoms with Gasteiger partial charge in [-0.05, 0) is 25.7 Å². The zero-order valence-corrected chi connectivity index (χ0v) is 11.5. The molecular formula is C12H21BrO3. The van der Waals surface area contributed by atoms with E-state index in [0.29, 0.717) is 17.5 Å². The Hall–Kier alpha value is -0.0900. The fourth-order valence-corrected chi connectivity index (χ4v) is 2.63. The Bertz CT molecular complexity index is 208. The summed E-state index contributed by atoms with van der Waals surface area (Å²) in [4.78, 5) is 11.0. The molecule has 0 aromatic rings. The van der Waals surface area contributed by atoms with Crippen molar-refractivity contribution in [1.82, 2.24) is 0 Å². The first-order valence-electron chi connectivity index (χ1n) is 6.09. The van der Waals surface area contributed by atoms with Gasteiger partial charge in [0.25, 0.3) is 0 Å². The normalized spacial score (nSPS) is 25.4. The molecule has 0 N–H and O–H groups in total. The lowest BCUT2D eigenvalue weighted by Gasteiger charge is -2.27. The summed E-state index contributed by atoms with van der Waals surface area (Å²) in [5.74, 6) is -0.200. The quantitative estimate of drug-likeness (QED) is 0.429. The van der Waals surface area contributed by atoms with Crippen molar-refractivity contribution in [3.05, 3.63) is 0 Å². The Kier molecular flexibility index (Phi) is 7.05. The number of esters is 1. The van der Waals surface area contributed by atoms with Gasteiger partial charge in [0.15, 0.2) is 0 Å². The largest absolute Gasteiger partial charge is 0.466 e. The van der Waals surface area contributed by atoms with Crippen molar-refractivity contribution in [2.45, 2.75) is 56.4 Å². The summed E-state index contributed by atoms with van der Waals surface area (Å²) >= 11 is 3.66. The van der Waals surface area contributed by atoms with Crippen LogP contribution in [0.2, 0.25) is 0 Å². The predicted molar refractivity (Wildman–Crippen MR) is 66.8 cm³/mol. The van der Waals surface area contributed by atoms with Crippen molar-refractivity contribution < 1.29 is 14.3 Å². The third kappa shape index (κ3) is 5.85. The van der Waals surface area contributed by atoms with Crippen LogP contribution < -0.4 is 0 Å². The summed E-state index contributed by atoms with van der Waals surface area (Å²) < 4.78 is 10.7. The highest BCUT2D eigenvalue weighted by atomic mass is 79.9. The second-order valence-electron chi connectivity index (χ2n) is 4.26. The van der Waals surface area contributed by atoms with Gasteiger partial charge < -0.3 is 9.47 Å². The molecule has 0 saturated heterocycles. The number of ether oxygens (including phenoxy) is 2. The maximum atomic E-state index is 10.5. The van der Waals surface area contributed by atoms with Crippen LogP contribution in [-0.2, 0) is 14.3 Å². The molecule has 16 heavy (non-hydrogen) atoms. The number of rotatable bonds is 6. The molecule has 1 rings (SSSR count). The Balaban J connectivity index is 1.95. The summed E-state index contributed by atoms with van der Waals surface area (Å²) in [7, 11) is 0. The number of carbonyl (C=O) groups is 1. The first-order valence-corrected chi connectivity index (χ1v) is 7.01. The topological polar surface area (TPSA) is 35.5 Å². The molecule has 1 aliphatic rings. The molecule has 1 aliphatic carbocycles. The molecule has 0 radical (unpaired) electrons. The summed E-state index contributed by atoms with van der Waals surface area (Å²) in [6.07, 6.45) is 7.20. The maximum absolute atomic E-state index is 10.5. The smallest absolute Gasteiger partial charge is 0.302 e. The number of hydrogen-bond donors (Lipinski definition) is 0. The SMILES string of the molecule is CC(=O)OCCCCO[C@@H]1CCCC[C@H]1Br. The Morgan fingerprint density at radius 2 is 1.94 bits per heavy atom. The lowest BCUT2D eigenvalue weighted by atomic mass is 9.97. The van der Waals surface area contributed by atoms with E-state index in [1.807, 2.05) is 0 Å². The highest BCUT2D eigenvalue weighted by molar-refractivity contribution is 9.09. The Morgan fingerprint density at radius 1 is 1.25 bits per heavy atom. The number of carbonyl (C=O) groups excluding carboxylic acids is 1. The third-order valence-corrected chi connectivity index (χ3v) is 3.85. The second kappa shape index (κ2) is 8.07. The molecule has 0 aromatic heterocycles. The van der Waals surface area contributed by atoms with Crippen LogP contribution >= 0.6 is 15.9 Å². The van der Waals surface area contributed by atoms with Gasteiger partial charge in [-0.15, -0.1) is 0 Å². The van der Waals surface area contributed by atoms with Crippen LogP contribution in [0.15, 0.2) is 0 Å². The van der Waals surface area contributed by atoms with E-state index in [1.165, 1.54) is 32.6 Å². The van der Waals surface area contributed by atoms with E-state index in [9.17, 15) is 4.79 Å². The molecule has 94 valence electrons. The van der Waals surface area contributed by atoms with Crippen LogP contribution in [0.5, 0.6) is 0 Å². The highest BCUT2D eigenvalue weighted by Crippen LogP contribution is 2.26. The summed E-state index contributed by atoms with van der Waals surface area (Å²) in [6.45, 7) is 2.73. The van der Waals surface area contributed by atoms with Crippen molar-refractivity contribution in [3.8, 4) is 0 Å². The van der Waals surface area contributed by atoms with Gasteiger partial charge in [0.1, 0.15) is 0 Å². The lowest BCUT2D eigenvalue weighted by Crippen LogP contribution is -2.28. The zero-order valence-electron chi connectivity index (χ0n) is 9.91. The van der Waals surface area contributed by atoms with Gasteiger partial charge in [-0.25, -0.2) is 0 Å². The van der Waals surface area contributed by atoms with Crippen LogP contribution in [0.25, 0.3) is 0 Å². The van der Waals surface area contributed by atoms with Gasteiger partial charge in [-0.3, -0.25) is 4.79 Å². The Morgan fingerprint density at radius 3 is 2.62 bits per heavy atom. The third-order valence-electron chi connectivity index (χ3n) is 2.80. The van der Waals surface area contributed by atoms with E-state index in [2.05, 4.69) is 15.9 Å². The minimum absolute atomic E-state index is 0.200. The molecule has 1 saturated carbocycles. The minimum Gasteiger partial charge on any atom is -0.466 e. The van der Waals surface area contributed by atoms with Crippen LogP contribution in [0.4, 0.5) is 0 Å². The van der Waals surface area contributed by atoms with Gasteiger partial charge in [-0.2, -0.15) is 0 Å². The van der Waals surface area contributed by atoms with E-state index in [4.69, 9.17) is 9.47 Å². The average Bonchev–Trinajstić information content (AvgIpc) is 2.25. The molecule has 0 heterocycles. The predicted octanol–water partition coefficient (Wildman–Crippen LogP) is 3.05. The molecule has 0 amide bonds. The van der Waals surface area contributed by atoms with Crippen molar-refractivity contribution in [3.63, 3.8) is 0 Å². The molecule has 0 bridgehead atoms. The molecule has 0 unspecified atom stereocenters. The van der Waals surface area contributed by atoms with Crippen molar-refractivity contribution in [1.29, 1.82) is 0 Å². The molecule has 4 heteroatoms. The van der Waals surface area contributed by atoms with Crippen LogP contribution in [0.1, 0.15) is 45.4 Å². The monoisotopic (exact) mass is 292 g/mol. The first kappa shape index (κ1) is 14.0. The average molecular weight is 293 g/mol. The standard InChI is InChI=1S/C12H21BrO3/c1-10(14)15-8-4-5-9-16-12-7-3-2-6-11(12)13/h11-12H,2-9H2,1H3/t11-,12-/m1/s1. The van der Waals surface area contributed by atoms with Crippen LogP contribution in [0, 0.1) is 0 Å². The molecule has 0 aliphatic heterocycles. The lowest BCUT2D eigenvalue weighted by molar-refractivity contribution is -0.141. The number of hydrogen-bond acceptors (Lipinski definition) is 3. The van der Waals surface area contributed by atoms with Crippen molar-refractivity contribution in [2.75, 3.05) is 13.2 Å². The maximum Gasteiger partial charge on any atom is 0.302 e.